The second-order valence-corrected chi connectivity index (χ2v) is 5.76. The van der Waals surface area contributed by atoms with E-state index < -0.39 is 6.10 Å². The van der Waals surface area contributed by atoms with E-state index in [0.29, 0.717) is 6.42 Å². The van der Waals surface area contributed by atoms with Gasteiger partial charge in [-0.05, 0) is 38.5 Å². The van der Waals surface area contributed by atoms with Gasteiger partial charge in [-0.3, -0.25) is 0 Å². The summed E-state index contributed by atoms with van der Waals surface area (Å²) in [5, 5.41) is 10.1. The SMILES string of the molecule is CN(C)c1cccc(C(O)CC#CC(C)(C)C)c1. The van der Waals surface area contributed by atoms with E-state index >= 15 is 0 Å². The molecule has 1 rings (SSSR count). The molecule has 0 spiro atoms. The zero-order valence-corrected chi connectivity index (χ0v) is 12.0. The van der Waals surface area contributed by atoms with Crippen molar-refractivity contribution in [2.24, 2.45) is 5.41 Å². The average Bonchev–Trinajstić information content (AvgIpc) is 2.27. The first-order valence-corrected chi connectivity index (χ1v) is 6.25. The van der Waals surface area contributed by atoms with Crippen molar-refractivity contribution in [3.63, 3.8) is 0 Å². The van der Waals surface area contributed by atoms with Crippen LogP contribution in [-0.4, -0.2) is 19.2 Å². The highest BCUT2D eigenvalue weighted by atomic mass is 16.3. The summed E-state index contributed by atoms with van der Waals surface area (Å²) in [4.78, 5) is 2.02. The molecule has 2 heteroatoms. The maximum absolute atomic E-state index is 10.1. The largest absolute Gasteiger partial charge is 0.387 e. The first kappa shape index (κ1) is 14.6. The van der Waals surface area contributed by atoms with Gasteiger partial charge in [0, 0.05) is 31.6 Å². The van der Waals surface area contributed by atoms with Crippen LogP contribution in [0.5, 0.6) is 0 Å². The van der Waals surface area contributed by atoms with Crippen LogP contribution < -0.4 is 4.90 Å². The molecule has 0 amide bonds. The van der Waals surface area contributed by atoms with E-state index in [1.54, 1.807) is 0 Å². The molecular weight excluding hydrogens is 222 g/mol. The summed E-state index contributed by atoms with van der Waals surface area (Å²) in [5.41, 5.74) is 2.00. The van der Waals surface area contributed by atoms with Gasteiger partial charge in [-0.1, -0.05) is 24.0 Å². The van der Waals surface area contributed by atoms with E-state index in [2.05, 4.69) is 32.6 Å². The Morgan fingerprint density at radius 1 is 1.28 bits per heavy atom. The van der Waals surface area contributed by atoms with E-state index in [-0.39, 0.29) is 5.41 Å². The van der Waals surface area contributed by atoms with Crippen molar-refractivity contribution < 1.29 is 5.11 Å². The Bertz CT molecular complexity index is 446. The van der Waals surface area contributed by atoms with Gasteiger partial charge in [-0.25, -0.2) is 0 Å². The van der Waals surface area contributed by atoms with Crippen molar-refractivity contribution in [2.75, 3.05) is 19.0 Å². The van der Waals surface area contributed by atoms with Gasteiger partial charge in [-0.15, -0.1) is 0 Å². The van der Waals surface area contributed by atoms with Gasteiger partial charge < -0.3 is 10.0 Å². The molecule has 0 aromatic heterocycles. The number of anilines is 1. The number of rotatable bonds is 3. The molecule has 0 heterocycles. The molecule has 1 aromatic carbocycles. The van der Waals surface area contributed by atoms with E-state index in [1.165, 1.54) is 0 Å². The van der Waals surface area contributed by atoms with Gasteiger partial charge in [0.15, 0.2) is 0 Å². The maximum Gasteiger partial charge on any atom is 0.0899 e. The van der Waals surface area contributed by atoms with Crippen LogP contribution in [0.4, 0.5) is 5.69 Å². The third kappa shape index (κ3) is 4.81. The Kier molecular flexibility index (Phi) is 4.81. The van der Waals surface area contributed by atoms with Gasteiger partial charge >= 0.3 is 0 Å². The lowest BCUT2D eigenvalue weighted by molar-refractivity contribution is 0.184. The minimum absolute atomic E-state index is 0.00873. The molecule has 0 saturated carbocycles. The Labute approximate surface area is 111 Å². The number of hydrogen-bond acceptors (Lipinski definition) is 2. The number of aliphatic hydroxyl groups excluding tert-OH is 1. The summed E-state index contributed by atoms with van der Waals surface area (Å²) >= 11 is 0. The molecule has 1 unspecified atom stereocenters. The molecule has 0 saturated heterocycles. The fourth-order valence-corrected chi connectivity index (χ4v) is 1.54. The van der Waals surface area contributed by atoms with Crippen molar-refractivity contribution in [1.82, 2.24) is 0 Å². The van der Waals surface area contributed by atoms with E-state index in [1.807, 2.05) is 43.3 Å². The number of aliphatic hydroxyl groups is 1. The van der Waals surface area contributed by atoms with Gasteiger partial charge in [-0.2, -0.15) is 0 Å². The number of hydrogen-bond donors (Lipinski definition) is 1. The summed E-state index contributed by atoms with van der Waals surface area (Å²) in [7, 11) is 3.98. The van der Waals surface area contributed by atoms with Crippen LogP contribution >= 0.6 is 0 Å². The molecule has 1 aromatic rings. The Hall–Kier alpha value is -1.46. The van der Waals surface area contributed by atoms with Crippen molar-refractivity contribution in [2.45, 2.75) is 33.3 Å². The molecule has 0 bridgehead atoms. The normalized spacial score (nSPS) is 12.6. The van der Waals surface area contributed by atoms with Crippen LogP contribution in [0.3, 0.4) is 0 Å². The lowest BCUT2D eigenvalue weighted by Gasteiger charge is -2.15. The lowest BCUT2D eigenvalue weighted by Crippen LogP contribution is -2.09. The predicted octanol–water partition coefficient (Wildman–Crippen LogP) is 3.23. The summed E-state index contributed by atoms with van der Waals surface area (Å²) in [6.45, 7) is 6.21. The minimum Gasteiger partial charge on any atom is -0.387 e. The Balaban J connectivity index is 2.75. The summed E-state index contributed by atoms with van der Waals surface area (Å²) in [6, 6.07) is 7.93. The Morgan fingerprint density at radius 2 is 1.94 bits per heavy atom. The second-order valence-electron chi connectivity index (χ2n) is 5.76. The maximum atomic E-state index is 10.1. The van der Waals surface area contributed by atoms with Crippen LogP contribution in [0.25, 0.3) is 0 Å². The molecule has 0 radical (unpaired) electrons. The predicted molar refractivity (Wildman–Crippen MR) is 77.6 cm³/mol. The minimum atomic E-state index is -0.514. The van der Waals surface area contributed by atoms with Crippen molar-refractivity contribution in [3.05, 3.63) is 29.8 Å². The first-order chi connectivity index (χ1) is 8.29. The molecule has 1 atom stereocenters. The van der Waals surface area contributed by atoms with Gasteiger partial charge in [0.2, 0.25) is 0 Å². The van der Waals surface area contributed by atoms with Crippen LogP contribution in [0.1, 0.15) is 38.9 Å². The molecule has 98 valence electrons. The number of nitrogens with zero attached hydrogens (tertiary/aromatic N) is 1. The van der Waals surface area contributed by atoms with Crippen LogP contribution in [-0.2, 0) is 0 Å². The smallest absolute Gasteiger partial charge is 0.0899 e. The first-order valence-electron chi connectivity index (χ1n) is 6.25. The number of benzene rings is 1. The zero-order chi connectivity index (χ0) is 13.8. The quantitative estimate of drug-likeness (QED) is 0.826. The van der Waals surface area contributed by atoms with Crippen LogP contribution in [0.15, 0.2) is 24.3 Å². The lowest BCUT2D eigenvalue weighted by atomic mass is 9.97. The third-order valence-corrected chi connectivity index (χ3v) is 2.53. The highest BCUT2D eigenvalue weighted by Crippen LogP contribution is 2.21. The fraction of sp³-hybridized carbons (Fsp3) is 0.500. The molecule has 0 aliphatic carbocycles. The van der Waals surface area contributed by atoms with Gasteiger partial charge in [0.25, 0.3) is 0 Å². The van der Waals surface area contributed by atoms with Crippen LogP contribution in [0.2, 0.25) is 0 Å². The second kappa shape index (κ2) is 5.93. The highest BCUT2D eigenvalue weighted by molar-refractivity contribution is 5.47. The molecular formula is C16H23NO. The zero-order valence-electron chi connectivity index (χ0n) is 12.0. The molecule has 18 heavy (non-hydrogen) atoms. The van der Waals surface area contributed by atoms with E-state index in [0.717, 1.165) is 11.3 Å². The van der Waals surface area contributed by atoms with Crippen molar-refractivity contribution >= 4 is 5.69 Å². The van der Waals surface area contributed by atoms with Gasteiger partial charge in [0.1, 0.15) is 0 Å². The van der Waals surface area contributed by atoms with E-state index in [9.17, 15) is 5.11 Å². The average molecular weight is 245 g/mol. The molecule has 1 N–H and O–H groups in total. The van der Waals surface area contributed by atoms with Crippen LogP contribution in [0, 0.1) is 17.3 Å². The highest BCUT2D eigenvalue weighted by Gasteiger charge is 2.08. The molecule has 2 nitrogen and oxygen atoms in total. The topological polar surface area (TPSA) is 23.5 Å². The fourth-order valence-electron chi connectivity index (χ4n) is 1.54. The van der Waals surface area contributed by atoms with Gasteiger partial charge in [0.05, 0.1) is 6.10 Å². The third-order valence-electron chi connectivity index (χ3n) is 2.53. The van der Waals surface area contributed by atoms with E-state index in [4.69, 9.17) is 0 Å². The Morgan fingerprint density at radius 3 is 2.50 bits per heavy atom. The summed E-state index contributed by atoms with van der Waals surface area (Å²) in [5.74, 6) is 6.20. The molecule has 0 aliphatic heterocycles. The monoisotopic (exact) mass is 245 g/mol. The molecule has 0 aliphatic rings. The molecule has 0 fully saturated rings. The van der Waals surface area contributed by atoms with Crippen molar-refractivity contribution in [1.29, 1.82) is 0 Å². The standard InChI is InChI=1S/C16H23NO/c1-16(2,3)11-7-10-15(18)13-8-6-9-14(12-13)17(4)5/h6,8-9,12,15,18H,10H2,1-5H3. The summed E-state index contributed by atoms with van der Waals surface area (Å²) < 4.78 is 0. The summed E-state index contributed by atoms with van der Waals surface area (Å²) in [6.07, 6.45) is -0.0338. The van der Waals surface area contributed by atoms with Crippen molar-refractivity contribution in [3.8, 4) is 11.8 Å².